The van der Waals surface area contributed by atoms with E-state index >= 15 is 0 Å². The second-order valence-corrected chi connectivity index (χ2v) is 4.87. The van der Waals surface area contributed by atoms with Crippen molar-refractivity contribution in [3.05, 3.63) is 71.8 Å². The lowest BCUT2D eigenvalue weighted by atomic mass is 10.1. The lowest BCUT2D eigenvalue weighted by Gasteiger charge is -2.31. The normalized spacial score (nSPS) is 18.5. The van der Waals surface area contributed by atoms with Gasteiger partial charge in [0.15, 0.2) is 0 Å². The summed E-state index contributed by atoms with van der Waals surface area (Å²) >= 11 is 0. The van der Waals surface area contributed by atoms with Crippen molar-refractivity contribution >= 4 is 11.7 Å². The van der Waals surface area contributed by atoms with Crippen LogP contribution in [0, 0.1) is 0 Å². The van der Waals surface area contributed by atoms with E-state index in [0.717, 1.165) is 17.2 Å². The zero-order valence-electron chi connectivity index (χ0n) is 11.7. The van der Waals surface area contributed by atoms with Crippen LogP contribution < -0.4 is 0 Å². The van der Waals surface area contributed by atoms with Gasteiger partial charge in [-0.25, -0.2) is 9.98 Å². The monoisotopic (exact) mass is 263 g/mol. The van der Waals surface area contributed by atoms with Gasteiger partial charge < -0.3 is 4.90 Å². The molecule has 3 rings (SSSR count). The van der Waals surface area contributed by atoms with Gasteiger partial charge in [-0.3, -0.25) is 0 Å². The summed E-state index contributed by atoms with van der Waals surface area (Å²) in [4.78, 5) is 11.4. The molecule has 2 aromatic carbocycles. The molecule has 0 amide bonds. The van der Waals surface area contributed by atoms with Gasteiger partial charge in [0, 0.05) is 12.6 Å². The van der Waals surface area contributed by atoms with E-state index in [1.54, 1.807) is 0 Å². The molecule has 1 aliphatic rings. The Morgan fingerprint density at radius 3 is 2.15 bits per heavy atom. The van der Waals surface area contributed by atoms with Crippen LogP contribution in [0.15, 0.2) is 70.6 Å². The van der Waals surface area contributed by atoms with Gasteiger partial charge in [-0.1, -0.05) is 60.7 Å². The van der Waals surface area contributed by atoms with Crippen molar-refractivity contribution < 1.29 is 0 Å². The third kappa shape index (κ3) is 2.35. The zero-order valence-corrected chi connectivity index (χ0v) is 11.7. The van der Waals surface area contributed by atoms with E-state index in [9.17, 15) is 0 Å². The quantitative estimate of drug-likeness (QED) is 0.815. The van der Waals surface area contributed by atoms with Crippen LogP contribution in [0.1, 0.15) is 24.2 Å². The Hall–Kier alpha value is -2.42. The number of rotatable bonds is 2. The van der Waals surface area contributed by atoms with Crippen LogP contribution in [0.5, 0.6) is 0 Å². The maximum absolute atomic E-state index is 4.66. The van der Waals surface area contributed by atoms with Crippen LogP contribution in [-0.2, 0) is 0 Å². The molecule has 0 radical (unpaired) electrons. The molecule has 0 aromatic heterocycles. The van der Waals surface area contributed by atoms with Gasteiger partial charge in [-0.05, 0) is 12.5 Å². The fourth-order valence-electron chi connectivity index (χ4n) is 2.42. The highest BCUT2D eigenvalue weighted by Crippen LogP contribution is 2.26. The van der Waals surface area contributed by atoms with Crippen molar-refractivity contribution in [2.45, 2.75) is 13.1 Å². The van der Waals surface area contributed by atoms with Crippen molar-refractivity contribution in [2.75, 3.05) is 7.05 Å². The minimum atomic E-state index is -0.0103. The van der Waals surface area contributed by atoms with Crippen molar-refractivity contribution in [1.82, 2.24) is 4.90 Å². The number of benzene rings is 2. The maximum Gasteiger partial charge on any atom is 0.150 e. The molecule has 0 N–H and O–H groups in total. The molecule has 1 atom stereocenters. The molecule has 3 nitrogen and oxygen atoms in total. The minimum Gasteiger partial charge on any atom is -0.333 e. The SMILES string of the molecule is CC1=NC(c2ccccc2)N(C)C(c2ccccc2)=N1. The third-order valence-corrected chi connectivity index (χ3v) is 3.41. The molecule has 0 aliphatic carbocycles. The van der Waals surface area contributed by atoms with Crippen molar-refractivity contribution in [1.29, 1.82) is 0 Å². The number of hydrogen-bond acceptors (Lipinski definition) is 3. The first-order valence-electron chi connectivity index (χ1n) is 6.72. The summed E-state index contributed by atoms with van der Waals surface area (Å²) in [6, 6.07) is 20.6. The Bertz CT molecular complexity index is 644. The highest BCUT2D eigenvalue weighted by atomic mass is 15.3. The van der Waals surface area contributed by atoms with E-state index < -0.39 is 0 Å². The fourth-order valence-corrected chi connectivity index (χ4v) is 2.42. The van der Waals surface area contributed by atoms with E-state index in [4.69, 9.17) is 0 Å². The molecule has 0 bridgehead atoms. The Balaban J connectivity index is 2.01. The highest BCUT2D eigenvalue weighted by molar-refractivity contribution is 6.07. The average Bonchev–Trinajstić information content (AvgIpc) is 2.51. The van der Waals surface area contributed by atoms with Gasteiger partial charge in [0.25, 0.3) is 0 Å². The van der Waals surface area contributed by atoms with Crippen molar-refractivity contribution in [2.24, 2.45) is 9.98 Å². The van der Waals surface area contributed by atoms with Gasteiger partial charge in [0.05, 0.1) is 0 Å². The Labute approximate surface area is 119 Å². The molecule has 1 aliphatic heterocycles. The van der Waals surface area contributed by atoms with Crippen molar-refractivity contribution in [3.8, 4) is 0 Å². The molecule has 3 heteroatoms. The zero-order chi connectivity index (χ0) is 13.9. The Morgan fingerprint density at radius 2 is 1.50 bits per heavy atom. The standard InChI is InChI=1S/C17H17N3/c1-13-18-16(14-9-5-3-6-10-14)20(2)17(19-13)15-11-7-4-8-12-15/h3-12,16H,1-2H3. The van der Waals surface area contributed by atoms with E-state index in [1.807, 2.05) is 50.4 Å². The largest absolute Gasteiger partial charge is 0.333 e. The van der Waals surface area contributed by atoms with E-state index in [2.05, 4.69) is 39.2 Å². The van der Waals surface area contributed by atoms with Crippen LogP contribution in [0.4, 0.5) is 0 Å². The van der Waals surface area contributed by atoms with Gasteiger partial charge in [0.2, 0.25) is 0 Å². The Morgan fingerprint density at radius 1 is 0.900 bits per heavy atom. The van der Waals surface area contributed by atoms with Crippen LogP contribution in [0.25, 0.3) is 0 Å². The summed E-state index contributed by atoms with van der Waals surface area (Å²) < 4.78 is 0. The van der Waals surface area contributed by atoms with Gasteiger partial charge >= 0.3 is 0 Å². The number of amidine groups is 2. The summed E-state index contributed by atoms with van der Waals surface area (Å²) in [7, 11) is 2.04. The first-order valence-corrected chi connectivity index (χ1v) is 6.72. The van der Waals surface area contributed by atoms with Crippen LogP contribution in [0.2, 0.25) is 0 Å². The molecule has 1 heterocycles. The topological polar surface area (TPSA) is 28.0 Å². The smallest absolute Gasteiger partial charge is 0.150 e. The second-order valence-electron chi connectivity index (χ2n) is 4.87. The second kappa shape index (κ2) is 5.29. The molecule has 2 aromatic rings. The molecule has 100 valence electrons. The van der Waals surface area contributed by atoms with Gasteiger partial charge in [-0.2, -0.15) is 0 Å². The van der Waals surface area contributed by atoms with Crippen LogP contribution >= 0.6 is 0 Å². The molecular weight excluding hydrogens is 246 g/mol. The summed E-state index contributed by atoms with van der Waals surface area (Å²) in [5.41, 5.74) is 2.29. The minimum absolute atomic E-state index is 0.0103. The first-order chi connectivity index (χ1) is 9.75. The highest BCUT2D eigenvalue weighted by Gasteiger charge is 2.24. The summed E-state index contributed by atoms with van der Waals surface area (Å²) in [5, 5.41) is 0. The maximum atomic E-state index is 4.66. The lowest BCUT2D eigenvalue weighted by Crippen LogP contribution is -2.34. The lowest BCUT2D eigenvalue weighted by molar-refractivity contribution is 0.382. The van der Waals surface area contributed by atoms with Crippen LogP contribution in [0.3, 0.4) is 0 Å². The predicted octanol–water partition coefficient (Wildman–Crippen LogP) is 3.50. The van der Waals surface area contributed by atoms with E-state index in [0.29, 0.717) is 0 Å². The first kappa shape index (κ1) is 12.6. The summed E-state index contributed by atoms with van der Waals surface area (Å²) in [6.07, 6.45) is -0.0103. The summed E-state index contributed by atoms with van der Waals surface area (Å²) in [5.74, 6) is 1.78. The molecule has 0 saturated carbocycles. The molecule has 0 spiro atoms. The van der Waals surface area contributed by atoms with Gasteiger partial charge in [0.1, 0.15) is 17.8 Å². The number of hydrogen-bond donors (Lipinski definition) is 0. The Kier molecular flexibility index (Phi) is 3.33. The molecule has 0 fully saturated rings. The van der Waals surface area contributed by atoms with Crippen molar-refractivity contribution in [3.63, 3.8) is 0 Å². The van der Waals surface area contributed by atoms with E-state index in [-0.39, 0.29) is 6.17 Å². The van der Waals surface area contributed by atoms with E-state index in [1.165, 1.54) is 5.56 Å². The molecular formula is C17H17N3. The van der Waals surface area contributed by atoms with Gasteiger partial charge in [-0.15, -0.1) is 0 Å². The number of nitrogens with zero attached hydrogens (tertiary/aromatic N) is 3. The molecule has 1 unspecified atom stereocenters. The predicted molar refractivity (Wildman–Crippen MR) is 83.0 cm³/mol. The summed E-state index contributed by atoms with van der Waals surface area (Å²) in [6.45, 7) is 1.95. The third-order valence-electron chi connectivity index (χ3n) is 3.41. The number of aliphatic imine (C=N–C) groups is 2. The molecule has 0 saturated heterocycles. The van der Waals surface area contributed by atoms with Crippen LogP contribution in [-0.4, -0.2) is 23.6 Å². The molecule has 20 heavy (non-hydrogen) atoms. The fraction of sp³-hybridized carbons (Fsp3) is 0.176. The average molecular weight is 263 g/mol.